The third-order valence-corrected chi connectivity index (χ3v) is 3.47. The fourth-order valence-electron chi connectivity index (χ4n) is 2.11. The second-order valence-corrected chi connectivity index (χ2v) is 5.17. The van der Waals surface area contributed by atoms with Gasteiger partial charge in [-0.15, -0.1) is 24.0 Å². The Morgan fingerprint density at radius 2 is 2.20 bits per heavy atom. The Kier molecular flexibility index (Phi) is 9.21. The number of hydrogen-bond donors (Lipinski definition) is 3. The molecule has 8 nitrogen and oxygen atoms in total. The molecule has 0 bridgehead atoms. The number of halogens is 1. The van der Waals surface area contributed by atoms with Crippen molar-refractivity contribution in [2.45, 2.75) is 19.6 Å². The summed E-state index contributed by atoms with van der Waals surface area (Å²) < 4.78 is 6.86. The zero-order chi connectivity index (χ0) is 17.4. The summed E-state index contributed by atoms with van der Waals surface area (Å²) in [5, 5.41) is 20.6. The molecule has 0 fully saturated rings. The summed E-state index contributed by atoms with van der Waals surface area (Å²) in [4.78, 5) is 8.59. The van der Waals surface area contributed by atoms with Gasteiger partial charge in [-0.1, -0.05) is 12.1 Å². The van der Waals surface area contributed by atoms with Crippen molar-refractivity contribution in [2.75, 3.05) is 20.2 Å². The maximum Gasteiger partial charge on any atom is 0.191 e. The fraction of sp³-hybridized carbons (Fsp3) is 0.438. The molecule has 0 saturated heterocycles. The van der Waals surface area contributed by atoms with Crippen molar-refractivity contribution >= 4 is 29.9 Å². The molecule has 0 aliphatic carbocycles. The van der Waals surface area contributed by atoms with Crippen molar-refractivity contribution in [3.8, 4) is 5.75 Å². The maximum absolute atomic E-state index is 10.3. The number of aliphatic imine (C=N–C) groups is 1. The van der Waals surface area contributed by atoms with Crippen LogP contribution in [-0.2, 0) is 13.6 Å². The zero-order valence-corrected chi connectivity index (χ0v) is 17.0. The lowest BCUT2D eigenvalue weighted by atomic mass is 10.1. The highest BCUT2D eigenvalue weighted by Gasteiger charge is 2.09. The van der Waals surface area contributed by atoms with Crippen LogP contribution in [0.3, 0.4) is 0 Å². The largest absolute Gasteiger partial charge is 0.497 e. The smallest absolute Gasteiger partial charge is 0.191 e. The molecule has 0 radical (unpaired) electrons. The maximum atomic E-state index is 10.3. The molecule has 1 atom stereocenters. The van der Waals surface area contributed by atoms with Crippen molar-refractivity contribution in [1.29, 1.82) is 0 Å². The van der Waals surface area contributed by atoms with Crippen LogP contribution in [0.1, 0.15) is 24.4 Å². The lowest BCUT2D eigenvalue weighted by molar-refractivity contribution is 0.180. The van der Waals surface area contributed by atoms with Gasteiger partial charge in [0.25, 0.3) is 0 Å². The van der Waals surface area contributed by atoms with E-state index in [9.17, 15) is 5.11 Å². The van der Waals surface area contributed by atoms with Crippen LogP contribution < -0.4 is 15.4 Å². The minimum Gasteiger partial charge on any atom is -0.497 e. The normalized spacial score (nSPS) is 12.2. The van der Waals surface area contributed by atoms with Gasteiger partial charge in [-0.2, -0.15) is 5.10 Å². The first-order chi connectivity index (χ1) is 11.6. The number of rotatable bonds is 7. The van der Waals surface area contributed by atoms with Crippen LogP contribution in [0.25, 0.3) is 0 Å². The first-order valence-electron chi connectivity index (χ1n) is 7.81. The van der Waals surface area contributed by atoms with E-state index in [1.165, 1.54) is 6.33 Å². The van der Waals surface area contributed by atoms with Crippen LogP contribution in [0.15, 0.2) is 35.6 Å². The third-order valence-electron chi connectivity index (χ3n) is 3.47. The Balaban J connectivity index is 0.00000312. The number of nitrogens with one attached hydrogen (secondary N) is 2. The van der Waals surface area contributed by atoms with Crippen LogP contribution >= 0.6 is 24.0 Å². The van der Waals surface area contributed by atoms with Crippen LogP contribution in [0.5, 0.6) is 5.75 Å². The van der Waals surface area contributed by atoms with E-state index in [0.717, 1.165) is 23.7 Å². The number of nitrogens with zero attached hydrogens (tertiary/aromatic N) is 4. The average molecular weight is 460 g/mol. The second-order valence-electron chi connectivity index (χ2n) is 5.17. The summed E-state index contributed by atoms with van der Waals surface area (Å²) in [6.07, 6.45) is 0.830. The molecule has 1 aromatic carbocycles. The highest BCUT2D eigenvalue weighted by molar-refractivity contribution is 14.0. The molecule has 25 heavy (non-hydrogen) atoms. The van der Waals surface area contributed by atoms with Crippen molar-refractivity contribution < 1.29 is 9.84 Å². The Labute approximate surface area is 164 Å². The quantitative estimate of drug-likeness (QED) is 0.327. The summed E-state index contributed by atoms with van der Waals surface area (Å²) >= 11 is 0. The van der Waals surface area contributed by atoms with E-state index in [1.54, 1.807) is 11.8 Å². The Morgan fingerprint density at radius 3 is 2.84 bits per heavy atom. The first-order valence-corrected chi connectivity index (χ1v) is 7.81. The van der Waals surface area contributed by atoms with Gasteiger partial charge >= 0.3 is 0 Å². The molecule has 0 aliphatic heterocycles. The molecule has 3 N–H and O–H groups in total. The molecule has 1 heterocycles. The Bertz CT molecular complexity index is 676. The summed E-state index contributed by atoms with van der Waals surface area (Å²) in [7, 11) is 3.43. The van der Waals surface area contributed by atoms with Gasteiger partial charge in [0.05, 0.1) is 13.2 Å². The van der Waals surface area contributed by atoms with Gasteiger partial charge in [-0.05, 0) is 24.6 Å². The van der Waals surface area contributed by atoms with Gasteiger partial charge < -0.3 is 20.5 Å². The molecular weight excluding hydrogens is 435 g/mol. The average Bonchev–Trinajstić information content (AvgIpc) is 3.02. The highest BCUT2D eigenvalue weighted by Crippen LogP contribution is 2.18. The van der Waals surface area contributed by atoms with E-state index < -0.39 is 6.10 Å². The molecule has 138 valence electrons. The van der Waals surface area contributed by atoms with E-state index in [1.807, 2.05) is 38.2 Å². The third kappa shape index (κ3) is 6.50. The number of guanidine groups is 1. The van der Waals surface area contributed by atoms with E-state index in [2.05, 4.69) is 25.7 Å². The molecule has 2 aromatic rings. The van der Waals surface area contributed by atoms with E-state index in [-0.39, 0.29) is 24.0 Å². The summed E-state index contributed by atoms with van der Waals surface area (Å²) in [6, 6.07) is 7.37. The van der Waals surface area contributed by atoms with Crippen molar-refractivity contribution in [2.24, 2.45) is 12.0 Å². The Morgan fingerprint density at radius 1 is 1.40 bits per heavy atom. The van der Waals surface area contributed by atoms with E-state index in [0.29, 0.717) is 19.0 Å². The number of aliphatic hydroxyl groups excluding tert-OH is 1. The molecule has 0 saturated carbocycles. The van der Waals surface area contributed by atoms with Gasteiger partial charge in [-0.25, -0.2) is 9.98 Å². The van der Waals surface area contributed by atoms with Gasteiger partial charge in [0.1, 0.15) is 24.4 Å². The SMILES string of the molecule is CCNC(=NCc1ncnn1C)NCC(O)c1cccc(OC)c1.I. The molecular formula is C16H25IN6O2. The Hall–Kier alpha value is -1.88. The zero-order valence-electron chi connectivity index (χ0n) is 14.6. The number of aryl methyl sites for hydroxylation is 1. The van der Waals surface area contributed by atoms with Crippen molar-refractivity contribution in [3.05, 3.63) is 42.0 Å². The molecule has 0 aliphatic rings. The van der Waals surface area contributed by atoms with Gasteiger partial charge in [0, 0.05) is 20.1 Å². The monoisotopic (exact) mass is 460 g/mol. The lowest BCUT2D eigenvalue weighted by Crippen LogP contribution is -2.39. The van der Waals surface area contributed by atoms with Crippen LogP contribution in [0, 0.1) is 0 Å². The fourth-order valence-corrected chi connectivity index (χ4v) is 2.11. The van der Waals surface area contributed by atoms with Crippen LogP contribution in [-0.4, -0.2) is 46.0 Å². The topological polar surface area (TPSA) is 96.6 Å². The molecule has 1 aromatic heterocycles. The minimum atomic E-state index is -0.668. The molecule has 0 spiro atoms. The molecule has 2 rings (SSSR count). The van der Waals surface area contributed by atoms with Crippen molar-refractivity contribution in [3.63, 3.8) is 0 Å². The molecule has 0 amide bonds. The lowest BCUT2D eigenvalue weighted by Gasteiger charge is -2.16. The number of methoxy groups -OCH3 is 1. The van der Waals surface area contributed by atoms with Crippen molar-refractivity contribution in [1.82, 2.24) is 25.4 Å². The van der Waals surface area contributed by atoms with Gasteiger partial charge in [0.15, 0.2) is 5.96 Å². The predicted octanol–water partition coefficient (Wildman–Crippen LogP) is 1.23. The second kappa shape index (κ2) is 10.9. The number of hydrogen-bond acceptors (Lipinski definition) is 5. The van der Waals surface area contributed by atoms with Crippen LogP contribution in [0.2, 0.25) is 0 Å². The first kappa shape index (κ1) is 21.2. The van der Waals surface area contributed by atoms with E-state index in [4.69, 9.17) is 4.74 Å². The summed E-state index contributed by atoms with van der Waals surface area (Å²) in [5.74, 6) is 2.09. The number of ether oxygens (including phenoxy) is 1. The summed E-state index contributed by atoms with van der Waals surface area (Å²) in [5.41, 5.74) is 0.783. The highest BCUT2D eigenvalue weighted by atomic mass is 127. The predicted molar refractivity (Wildman–Crippen MR) is 107 cm³/mol. The van der Waals surface area contributed by atoms with E-state index >= 15 is 0 Å². The number of benzene rings is 1. The molecule has 9 heteroatoms. The standard InChI is InChI=1S/C16H24N6O2.HI/c1-4-17-16(19-10-15-20-11-21-22(15)2)18-9-14(23)12-6-5-7-13(8-12)24-3;/h5-8,11,14,23H,4,9-10H2,1-3H3,(H2,17,18,19);1H. The van der Waals surface area contributed by atoms with Crippen LogP contribution in [0.4, 0.5) is 0 Å². The van der Waals surface area contributed by atoms with Gasteiger partial charge in [0.2, 0.25) is 0 Å². The summed E-state index contributed by atoms with van der Waals surface area (Å²) in [6.45, 7) is 3.44. The number of aromatic nitrogens is 3. The number of aliphatic hydroxyl groups is 1. The minimum absolute atomic E-state index is 0. The molecule has 1 unspecified atom stereocenters. The van der Waals surface area contributed by atoms with Gasteiger partial charge in [-0.3, -0.25) is 4.68 Å².